The number of rotatable bonds is 8. The molecule has 2 amide bonds. The second-order valence-corrected chi connectivity index (χ2v) is 6.09. The lowest BCUT2D eigenvalue weighted by atomic mass is 10.1. The predicted octanol–water partition coefficient (Wildman–Crippen LogP) is 1.48. The first kappa shape index (κ1) is 19.5. The van der Waals surface area contributed by atoms with Crippen LogP contribution in [0.2, 0.25) is 0 Å². The fourth-order valence-corrected chi connectivity index (χ4v) is 2.29. The standard InChI is InChI=1S/C19H23FN4O2/c1-24(2)12-11-23-18(25)15-8-9-21-17(13-15)19(26)22-10-7-14-5-3-4-6-16(14)20/h3-6,8-9,13H,7,10-12H2,1-2H3,(H,22,26)(H,23,25). The molecule has 0 aliphatic heterocycles. The molecule has 2 aromatic rings. The highest BCUT2D eigenvalue weighted by atomic mass is 19.1. The van der Waals surface area contributed by atoms with Crippen LogP contribution in [0, 0.1) is 5.82 Å². The number of hydrogen-bond acceptors (Lipinski definition) is 4. The smallest absolute Gasteiger partial charge is 0.269 e. The average Bonchev–Trinajstić information content (AvgIpc) is 2.63. The van der Waals surface area contributed by atoms with E-state index in [1.165, 1.54) is 18.3 Å². The number of nitrogens with zero attached hydrogens (tertiary/aromatic N) is 2. The predicted molar refractivity (Wildman–Crippen MR) is 97.6 cm³/mol. The van der Waals surface area contributed by atoms with E-state index in [0.717, 1.165) is 6.54 Å². The van der Waals surface area contributed by atoms with E-state index in [1.54, 1.807) is 24.3 Å². The molecule has 138 valence electrons. The molecule has 0 aliphatic rings. The normalized spacial score (nSPS) is 10.6. The van der Waals surface area contributed by atoms with Crippen molar-refractivity contribution in [1.29, 1.82) is 0 Å². The molecule has 6 nitrogen and oxygen atoms in total. The Labute approximate surface area is 152 Å². The summed E-state index contributed by atoms with van der Waals surface area (Å²) in [6, 6.07) is 9.44. The van der Waals surface area contributed by atoms with Gasteiger partial charge in [-0.1, -0.05) is 18.2 Å². The Kier molecular flexibility index (Phi) is 7.23. The molecule has 7 heteroatoms. The lowest BCUT2D eigenvalue weighted by Gasteiger charge is -2.11. The number of likely N-dealkylation sites (N-methyl/N-ethyl adjacent to an activating group) is 1. The molecule has 0 unspecified atom stereocenters. The molecule has 0 bridgehead atoms. The molecule has 0 aliphatic carbocycles. The van der Waals surface area contributed by atoms with Crippen molar-refractivity contribution < 1.29 is 14.0 Å². The Morgan fingerprint density at radius 2 is 1.81 bits per heavy atom. The van der Waals surface area contributed by atoms with Gasteiger partial charge in [-0.25, -0.2) is 4.39 Å². The summed E-state index contributed by atoms with van der Waals surface area (Å²) in [5.41, 5.74) is 1.06. The minimum atomic E-state index is -0.399. The maximum Gasteiger partial charge on any atom is 0.269 e. The van der Waals surface area contributed by atoms with Crippen LogP contribution < -0.4 is 10.6 Å². The maximum atomic E-state index is 13.6. The summed E-state index contributed by atoms with van der Waals surface area (Å²) in [6.45, 7) is 1.51. The van der Waals surface area contributed by atoms with E-state index >= 15 is 0 Å². The number of hydrogen-bond donors (Lipinski definition) is 2. The lowest BCUT2D eigenvalue weighted by Crippen LogP contribution is -2.32. The van der Waals surface area contributed by atoms with Gasteiger partial charge in [-0.3, -0.25) is 14.6 Å². The minimum Gasteiger partial charge on any atom is -0.351 e. The van der Waals surface area contributed by atoms with E-state index < -0.39 is 5.91 Å². The van der Waals surface area contributed by atoms with Gasteiger partial charge in [-0.15, -0.1) is 0 Å². The van der Waals surface area contributed by atoms with E-state index in [9.17, 15) is 14.0 Å². The first-order valence-corrected chi connectivity index (χ1v) is 8.38. The van der Waals surface area contributed by atoms with E-state index in [2.05, 4.69) is 15.6 Å². The van der Waals surface area contributed by atoms with E-state index in [-0.39, 0.29) is 24.0 Å². The molecule has 0 saturated carbocycles. The molecule has 1 heterocycles. The molecule has 0 atom stereocenters. The monoisotopic (exact) mass is 358 g/mol. The van der Waals surface area contributed by atoms with Gasteiger partial charge in [0.15, 0.2) is 0 Å². The number of carbonyl (C=O) groups is 2. The summed E-state index contributed by atoms with van der Waals surface area (Å²) in [5.74, 6) is -0.949. The fourth-order valence-electron chi connectivity index (χ4n) is 2.29. The Bertz CT molecular complexity index is 765. The van der Waals surface area contributed by atoms with Crippen molar-refractivity contribution in [2.45, 2.75) is 6.42 Å². The summed E-state index contributed by atoms with van der Waals surface area (Å²) in [7, 11) is 3.84. The first-order valence-electron chi connectivity index (χ1n) is 8.38. The summed E-state index contributed by atoms with van der Waals surface area (Å²) >= 11 is 0. The number of pyridine rings is 1. The number of halogens is 1. The maximum absolute atomic E-state index is 13.6. The van der Waals surface area contributed by atoms with Crippen molar-refractivity contribution >= 4 is 11.8 Å². The van der Waals surface area contributed by atoms with Crippen LogP contribution in [0.5, 0.6) is 0 Å². The second-order valence-electron chi connectivity index (χ2n) is 6.09. The molecule has 1 aromatic carbocycles. The number of carbonyl (C=O) groups excluding carboxylic acids is 2. The summed E-state index contributed by atoms with van der Waals surface area (Å²) in [5, 5.41) is 5.48. The van der Waals surface area contributed by atoms with E-state index in [0.29, 0.717) is 24.1 Å². The van der Waals surface area contributed by atoms with Crippen LogP contribution in [0.1, 0.15) is 26.4 Å². The highest BCUT2D eigenvalue weighted by Crippen LogP contribution is 2.07. The first-order chi connectivity index (χ1) is 12.5. The molecular weight excluding hydrogens is 335 g/mol. The van der Waals surface area contributed by atoms with Gasteiger partial charge in [0.05, 0.1) is 0 Å². The Morgan fingerprint density at radius 1 is 1.08 bits per heavy atom. The third-order valence-electron chi connectivity index (χ3n) is 3.74. The van der Waals surface area contributed by atoms with Crippen molar-refractivity contribution in [1.82, 2.24) is 20.5 Å². The highest BCUT2D eigenvalue weighted by Gasteiger charge is 2.12. The van der Waals surface area contributed by atoms with Gasteiger partial charge < -0.3 is 15.5 Å². The summed E-state index contributed by atoms with van der Waals surface area (Å²) < 4.78 is 13.6. The van der Waals surface area contributed by atoms with Crippen LogP contribution in [-0.2, 0) is 6.42 Å². The SMILES string of the molecule is CN(C)CCNC(=O)c1ccnc(C(=O)NCCc2ccccc2F)c1. The zero-order valence-corrected chi connectivity index (χ0v) is 15.0. The van der Waals surface area contributed by atoms with Crippen molar-refractivity contribution in [3.05, 3.63) is 65.2 Å². The fraction of sp³-hybridized carbons (Fsp3) is 0.316. The Hall–Kier alpha value is -2.80. The van der Waals surface area contributed by atoms with Crippen molar-refractivity contribution in [2.75, 3.05) is 33.7 Å². The van der Waals surface area contributed by atoms with Crippen LogP contribution in [0.3, 0.4) is 0 Å². The van der Waals surface area contributed by atoms with Crippen LogP contribution in [-0.4, -0.2) is 55.4 Å². The summed E-state index contributed by atoms with van der Waals surface area (Å²) in [4.78, 5) is 30.3. The molecule has 26 heavy (non-hydrogen) atoms. The van der Waals surface area contributed by atoms with Crippen molar-refractivity contribution in [2.24, 2.45) is 0 Å². The molecule has 0 saturated heterocycles. The summed E-state index contributed by atoms with van der Waals surface area (Å²) in [6.07, 6.45) is 1.80. The van der Waals surface area contributed by atoms with Gasteiger partial charge in [0.25, 0.3) is 11.8 Å². The topological polar surface area (TPSA) is 74.3 Å². The molecule has 1 aromatic heterocycles. The van der Waals surface area contributed by atoms with E-state index in [4.69, 9.17) is 0 Å². The average molecular weight is 358 g/mol. The number of aromatic nitrogens is 1. The number of benzene rings is 1. The van der Waals surface area contributed by atoms with Crippen molar-refractivity contribution in [3.63, 3.8) is 0 Å². The van der Waals surface area contributed by atoms with Crippen LogP contribution in [0.25, 0.3) is 0 Å². The number of nitrogens with one attached hydrogen (secondary N) is 2. The minimum absolute atomic E-state index is 0.152. The molecular formula is C19H23FN4O2. The third kappa shape index (κ3) is 5.93. The van der Waals surface area contributed by atoms with Gasteiger partial charge in [0.2, 0.25) is 0 Å². The van der Waals surface area contributed by atoms with Gasteiger partial charge >= 0.3 is 0 Å². The second kappa shape index (κ2) is 9.62. The van der Waals surface area contributed by atoms with Gasteiger partial charge in [-0.2, -0.15) is 0 Å². The number of amides is 2. The van der Waals surface area contributed by atoms with Crippen LogP contribution in [0.4, 0.5) is 4.39 Å². The zero-order chi connectivity index (χ0) is 18.9. The quantitative estimate of drug-likeness (QED) is 0.750. The van der Waals surface area contributed by atoms with E-state index in [1.807, 2.05) is 19.0 Å². The van der Waals surface area contributed by atoms with Crippen LogP contribution in [0.15, 0.2) is 42.6 Å². The third-order valence-corrected chi connectivity index (χ3v) is 3.74. The molecule has 2 N–H and O–H groups in total. The van der Waals surface area contributed by atoms with Crippen molar-refractivity contribution in [3.8, 4) is 0 Å². The van der Waals surface area contributed by atoms with Gasteiger partial charge in [-0.05, 0) is 44.3 Å². The molecule has 0 radical (unpaired) electrons. The largest absolute Gasteiger partial charge is 0.351 e. The molecule has 0 spiro atoms. The molecule has 0 fully saturated rings. The Morgan fingerprint density at radius 3 is 2.54 bits per heavy atom. The van der Waals surface area contributed by atoms with Gasteiger partial charge in [0, 0.05) is 31.4 Å². The Balaban J connectivity index is 1.89. The molecule has 2 rings (SSSR count). The van der Waals surface area contributed by atoms with Gasteiger partial charge in [0.1, 0.15) is 11.5 Å². The lowest BCUT2D eigenvalue weighted by molar-refractivity contribution is 0.0949. The zero-order valence-electron chi connectivity index (χ0n) is 15.0. The van der Waals surface area contributed by atoms with Crippen LogP contribution >= 0.6 is 0 Å². The highest BCUT2D eigenvalue weighted by molar-refractivity contribution is 5.98.